The Bertz CT molecular complexity index is 1660. The maximum Gasteiger partial charge on any atom is 0.258 e. The number of nitrogens with one attached hydrogen (secondary N) is 1. The van der Waals surface area contributed by atoms with Gasteiger partial charge in [0.2, 0.25) is 0 Å². The normalized spacial score (nSPS) is 10.6. The lowest BCUT2D eigenvalue weighted by Crippen LogP contribution is -2.15. The van der Waals surface area contributed by atoms with E-state index in [0.29, 0.717) is 33.8 Å². The highest BCUT2D eigenvalue weighted by Crippen LogP contribution is 2.43. The van der Waals surface area contributed by atoms with Gasteiger partial charge in [-0.1, -0.05) is 71.1 Å². The monoisotopic (exact) mass is 544 g/mol. The first kappa shape index (κ1) is 24.5. The van der Waals surface area contributed by atoms with Crippen LogP contribution >= 0.6 is 34.8 Å². The van der Waals surface area contributed by atoms with Gasteiger partial charge in [-0.3, -0.25) is 9.78 Å². The van der Waals surface area contributed by atoms with Gasteiger partial charge in [0.15, 0.2) is 5.82 Å². The van der Waals surface area contributed by atoms with Gasteiger partial charge in [-0.2, -0.15) is 10.2 Å². The van der Waals surface area contributed by atoms with Crippen molar-refractivity contribution in [3.05, 3.63) is 106 Å². The van der Waals surface area contributed by atoms with Crippen LogP contribution in [0.4, 0.5) is 5.69 Å². The summed E-state index contributed by atoms with van der Waals surface area (Å²) < 4.78 is 0. The number of hydrogen-bond acceptors (Lipinski definition) is 5. The van der Waals surface area contributed by atoms with Crippen molar-refractivity contribution in [3.63, 3.8) is 0 Å². The number of pyridine rings is 2. The van der Waals surface area contributed by atoms with Crippen LogP contribution in [0.5, 0.6) is 0 Å². The predicted molar refractivity (Wildman–Crippen MR) is 145 cm³/mol. The summed E-state index contributed by atoms with van der Waals surface area (Å²) in [6, 6.07) is 14.4. The summed E-state index contributed by atoms with van der Waals surface area (Å²) >= 11 is 19.9. The van der Waals surface area contributed by atoms with Gasteiger partial charge < -0.3 is 5.32 Å². The first-order chi connectivity index (χ1) is 18.0. The molecule has 3 aromatic heterocycles. The van der Waals surface area contributed by atoms with E-state index in [4.69, 9.17) is 41.2 Å². The van der Waals surface area contributed by atoms with Gasteiger partial charge in [0.05, 0.1) is 50.5 Å². The first-order valence-corrected chi connectivity index (χ1v) is 11.9. The molecule has 0 spiro atoms. The molecule has 0 saturated carbocycles. The zero-order valence-electron chi connectivity index (χ0n) is 18.9. The lowest BCUT2D eigenvalue weighted by Gasteiger charge is -2.18. The second kappa shape index (κ2) is 10.4. The molecule has 1 N–H and O–H groups in total. The third kappa shape index (κ3) is 4.78. The molecule has 0 bridgehead atoms. The summed E-state index contributed by atoms with van der Waals surface area (Å²) in [5, 5.41) is 11.3. The smallest absolute Gasteiger partial charge is 0.258 e. The molecule has 180 valence electrons. The van der Waals surface area contributed by atoms with E-state index in [1.54, 1.807) is 24.5 Å². The number of amides is 1. The van der Waals surface area contributed by atoms with Crippen molar-refractivity contribution in [3.8, 4) is 40.4 Å². The second-order valence-corrected chi connectivity index (χ2v) is 8.90. The third-order valence-electron chi connectivity index (χ3n) is 5.46. The van der Waals surface area contributed by atoms with Crippen molar-refractivity contribution >= 4 is 46.4 Å². The maximum atomic E-state index is 13.4. The van der Waals surface area contributed by atoms with E-state index in [9.17, 15) is 4.79 Å². The van der Waals surface area contributed by atoms with Gasteiger partial charge in [-0.15, -0.1) is 11.2 Å². The van der Waals surface area contributed by atoms with Gasteiger partial charge in [0.25, 0.3) is 5.91 Å². The molecule has 0 radical (unpaired) electrons. The van der Waals surface area contributed by atoms with Crippen LogP contribution in [0.15, 0.2) is 79.5 Å². The number of aromatic nitrogens is 5. The minimum Gasteiger partial charge on any atom is -0.320 e. The van der Waals surface area contributed by atoms with Crippen molar-refractivity contribution in [1.29, 1.82) is 0 Å². The third-order valence-corrected chi connectivity index (χ3v) is 6.42. The van der Waals surface area contributed by atoms with Crippen molar-refractivity contribution < 1.29 is 4.79 Å². The lowest BCUT2D eigenvalue weighted by atomic mass is 9.91. The Labute approximate surface area is 227 Å². The first-order valence-electron chi connectivity index (χ1n) is 10.8. The highest BCUT2D eigenvalue weighted by Gasteiger charge is 2.24. The molecule has 0 aliphatic rings. The summed E-state index contributed by atoms with van der Waals surface area (Å²) in [6.07, 6.45) is 13.4. The molecule has 0 unspecified atom stereocenters. The van der Waals surface area contributed by atoms with E-state index in [0.717, 1.165) is 5.56 Å². The Morgan fingerprint density at radius 3 is 2.38 bits per heavy atom. The second-order valence-electron chi connectivity index (χ2n) is 7.70. The van der Waals surface area contributed by atoms with Crippen LogP contribution in [0.25, 0.3) is 28.1 Å². The Hall–Kier alpha value is -4.22. The van der Waals surface area contributed by atoms with Crippen LogP contribution in [0, 0.1) is 12.3 Å². The van der Waals surface area contributed by atoms with Crippen LogP contribution in [0.2, 0.25) is 15.1 Å². The molecule has 37 heavy (non-hydrogen) atoms. The van der Waals surface area contributed by atoms with Gasteiger partial charge in [-0.05, 0) is 29.3 Å². The van der Waals surface area contributed by atoms with Crippen molar-refractivity contribution in [2.45, 2.75) is 0 Å². The zero-order valence-corrected chi connectivity index (χ0v) is 21.1. The standard InChI is InChI=1S/C27H15Cl3N6O/c1-2-16-14-31-9-8-19(16)20-13-21(28)24(25(30)23(20)17-6-4-3-5-7-17)27(37)35-18-12-22(29)26(32-15-18)36-33-10-11-34-36/h1,3-15H,(H,35,37). The summed E-state index contributed by atoms with van der Waals surface area (Å²) in [6.45, 7) is 0. The number of hydrogen-bond donors (Lipinski definition) is 1. The Balaban J connectivity index is 1.60. The topological polar surface area (TPSA) is 85.6 Å². The molecule has 7 nitrogen and oxygen atoms in total. The molecular formula is C27H15Cl3N6O. The van der Waals surface area contributed by atoms with Crippen LogP contribution in [0.1, 0.15) is 15.9 Å². The summed E-state index contributed by atoms with van der Waals surface area (Å²) in [5.74, 6) is 2.43. The van der Waals surface area contributed by atoms with E-state index in [1.807, 2.05) is 30.3 Å². The number of rotatable bonds is 5. The summed E-state index contributed by atoms with van der Waals surface area (Å²) in [4.78, 5) is 23.0. The van der Waals surface area contributed by atoms with Crippen LogP contribution in [0.3, 0.4) is 0 Å². The minimum absolute atomic E-state index is 0.0937. The Morgan fingerprint density at radius 1 is 0.919 bits per heavy atom. The fraction of sp³-hybridized carbons (Fsp3) is 0. The molecule has 10 heteroatoms. The molecule has 0 fully saturated rings. The molecule has 3 heterocycles. The molecular weight excluding hydrogens is 531 g/mol. The average Bonchev–Trinajstić information content (AvgIpc) is 3.43. The van der Waals surface area contributed by atoms with Crippen LogP contribution in [-0.2, 0) is 0 Å². The molecule has 0 aliphatic carbocycles. The van der Waals surface area contributed by atoms with Gasteiger partial charge >= 0.3 is 0 Å². The number of nitrogens with zero attached hydrogens (tertiary/aromatic N) is 5. The predicted octanol–water partition coefficient (Wildman–Crippen LogP) is 6.59. The maximum absolute atomic E-state index is 13.4. The minimum atomic E-state index is -0.534. The fourth-order valence-corrected chi connectivity index (χ4v) is 4.81. The van der Waals surface area contributed by atoms with Gasteiger partial charge in [0, 0.05) is 23.5 Å². The van der Waals surface area contributed by atoms with E-state index >= 15 is 0 Å². The Morgan fingerprint density at radius 2 is 1.68 bits per heavy atom. The van der Waals surface area contributed by atoms with E-state index in [-0.39, 0.29) is 20.6 Å². The Kier molecular flexibility index (Phi) is 6.89. The number of carbonyl (C=O) groups excluding carboxylic acids is 1. The molecule has 0 aliphatic heterocycles. The number of benzene rings is 2. The number of halogens is 3. The van der Waals surface area contributed by atoms with Gasteiger partial charge in [-0.25, -0.2) is 4.98 Å². The number of terminal acetylenes is 1. The summed E-state index contributed by atoms with van der Waals surface area (Å²) in [5.41, 5.74) is 3.78. The lowest BCUT2D eigenvalue weighted by molar-refractivity contribution is 0.102. The van der Waals surface area contributed by atoms with Crippen molar-refractivity contribution in [2.75, 3.05) is 5.32 Å². The van der Waals surface area contributed by atoms with Crippen LogP contribution in [-0.4, -0.2) is 30.9 Å². The van der Waals surface area contributed by atoms with Crippen molar-refractivity contribution in [1.82, 2.24) is 25.0 Å². The highest BCUT2D eigenvalue weighted by atomic mass is 35.5. The molecule has 5 aromatic rings. The van der Waals surface area contributed by atoms with Crippen LogP contribution < -0.4 is 5.32 Å². The number of carbonyl (C=O) groups is 1. The summed E-state index contributed by atoms with van der Waals surface area (Å²) in [7, 11) is 0. The fourth-order valence-electron chi connectivity index (χ4n) is 3.84. The van der Waals surface area contributed by atoms with E-state index in [1.165, 1.54) is 29.5 Å². The van der Waals surface area contributed by atoms with E-state index in [2.05, 4.69) is 31.4 Å². The van der Waals surface area contributed by atoms with E-state index < -0.39 is 5.91 Å². The SMILES string of the molecule is C#Cc1cnccc1-c1cc(Cl)c(C(=O)Nc2cnc(-n3nccn3)c(Cl)c2)c(Cl)c1-c1ccccc1. The average molecular weight is 546 g/mol. The molecule has 1 amide bonds. The van der Waals surface area contributed by atoms with Gasteiger partial charge in [0.1, 0.15) is 0 Å². The highest BCUT2D eigenvalue weighted by molar-refractivity contribution is 6.43. The molecule has 0 atom stereocenters. The quantitative estimate of drug-likeness (QED) is 0.252. The molecule has 2 aromatic carbocycles. The van der Waals surface area contributed by atoms with Crippen molar-refractivity contribution in [2.24, 2.45) is 0 Å². The molecule has 5 rings (SSSR count). The molecule has 0 saturated heterocycles. The largest absolute Gasteiger partial charge is 0.320 e. The number of anilines is 1. The zero-order chi connectivity index (χ0) is 25.9.